The molecule has 1 heterocycles. The first-order valence-corrected chi connectivity index (χ1v) is 8.34. The van der Waals surface area contributed by atoms with Gasteiger partial charge in [-0.2, -0.15) is 0 Å². The zero-order valence-electron chi connectivity index (χ0n) is 14.0. The zero-order chi connectivity index (χ0) is 15.3. The Kier molecular flexibility index (Phi) is 6.62. The van der Waals surface area contributed by atoms with Gasteiger partial charge in [-0.3, -0.25) is 0 Å². The molecule has 116 valence electrons. The van der Waals surface area contributed by atoms with Gasteiger partial charge in [-0.1, -0.05) is 20.8 Å². The maximum Gasteiger partial charge on any atom is 0.122 e. The number of thiazole rings is 1. The minimum atomic E-state index is 0.130. The Morgan fingerprint density at radius 2 is 1.95 bits per heavy atom. The number of nitrogens with zero attached hydrogens (tertiary/aromatic N) is 1. The van der Waals surface area contributed by atoms with E-state index in [1.54, 1.807) is 18.4 Å². The molecule has 1 rings (SSSR count). The summed E-state index contributed by atoms with van der Waals surface area (Å²) in [5, 5.41) is 4.69. The Morgan fingerprint density at radius 1 is 1.30 bits per heavy atom. The smallest absolute Gasteiger partial charge is 0.122 e. The van der Waals surface area contributed by atoms with E-state index in [0.717, 1.165) is 24.4 Å². The van der Waals surface area contributed by atoms with Crippen LogP contribution in [-0.4, -0.2) is 17.6 Å². The summed E-state index contributed by atoms with van der Waals surface area (Å²) < 4.78 is 5.53. The minimum absolute atomic E-state index is 0.130. The first kappa shape index (κ1) is 17.6. The molecular formula is C16H30N2OS. The lowest BCUT2D eigenvalue weighted by Crippen LogP contribution is -2.35. The van der Waals surface area contributed by atoms with Crippen molar-refractivity contribution in [3.63, 3.8) is 0 Å². The molecule has 0 spiro atoms. The number of hydrogen-bond acceptors (Lipinski definition) is 4. The molecule has 1 aromatic heterocycles. The highest BCUT2D eigenvalue weighted by Crippen LogP contribution is 2.29. The summed E-state index contributed by atoms with van der Waals surface area (Å²) in [5.41, 5.74) is 1.37. The van der Waals surface area contributed by atoms with Gasteiger partial charge in [-0.15, -0.1) is 11.3 Å². The third-order valence-electron chi connectivity index (χ3n) is 3.11. The molecule has 20 heavy (non-hydrogen) atoms. The van der Waals surface area contributed by atoms with Crippen LogP contribution in [0.3, 0.4) is 0 Å². The van der Waals surface area contributed by atoms with E-state index < -0.39 is 0 Å². The molecule has 1 unspecified atom stereocenters. The second kappa shape index (κ2) is 7.53. The highest BCUT2D eigenvalue weighted by molar-refractivity contribution is 7.11. The average molecular weight is 298 g/mol. The van der Waals surface area contributed by atoms with E-state index in [0.29, 0.717) is 5.92 Å². The molecule has 0 radical (unpaired) electrons. The molecule has 3 nitrogen and oxygen atoms in total. The molecule has 4 heteroatoms. The number of ether oxygens (including phenoxy) is 1. The second-order valence-electron chi connectivity index (χ2n) is 6.76. The van der Waals surface area contributed by atoms with E-state index in [-0.39, 0.29) is 11.6 Å². The summed E-state index contributed by atoms with van der Waals surface area (Å²) >= 11 is 1.80. The van der Waals surface area contributed by atoms with Crippen molar-refractivity contribution in [2.24, 2.45) is 5.92 Å². The van der Waals surface area contributed by atoms with Crippen molar-refractivity contribution in [3.8, 4) is 0 Å². The molecule has 0 amide bonds. The molecule has 0 saturated carbocycles. The van der Waals surface area contributed by atoms with E-state index in [9.17, 15) is 0 Å². The van der Waals surface area contributed by atoms with Crippen LogP contribution in [-0.2, 0) is 17.7 Å². The van der Waals surface area contributed by atoms with Crippen LogP contribution >= 0.6 is 11.3 Å². The van der Waals surface area contributed by atoms with Gasteiger partial charge in [-0.05, 0) is 39.5 Å². The third kappa shape index (κ3) is 5.51. The molecule has 0 aliphatic rings. The number of hydrogen-bond donors (Lipinski definition) is 1. The summed E-state index contributed by atoms with van der Waals surface area (Å²) in [5.74, 6) is 0.626. The minimum Gasteiger partial charge on any atom is -0.374 e. The third-order valence-corrected chi connectivity index (χ3v) is 4.30. The molecule has 1 aromatic rings. The fourth-order valence-electron chi connectivity index (χ4n) is 2.01. The number of aromatic nitrogens is 1. The largest absolute Gasteiger partial charge is 0.374 e. The first-order chi connectivity index (χ1) is 9.26. The van der Waals surface area contributed by atoms with E-state index in [1.807, 2.05) is 0 Å². The van der Waals surface area contributed by atoms with Gasteiger partial charge in [0.1, 0.15) is 11.1 Å². The van der Waals surface area contributed by atoms with E-state index in [1.165, 1.54) is 10.6 Å². The van der Waals surface area contributed by atoms with Crippen molar-refractivity contribution < 1.29 is 4.74 Å². The number of rotatable bonds is 7. The Balaban J connectivity index is 2.93. The molecule has 0 aliphatic heterocycles. The molecule has 0 bridgehead atoms. The van der Waals surface area contributed by atoms with Crippen molar-refractivity contribution in [1.29, 1.82) is 0 Å². The van der Waals surface area contributed by atoms with Crippen molar-refractivity contribution in [2.45, 2.75) is 72.6 Å². The van der Waals surface area contributed by atoms with Gasteiger partial charge in [0.15, 0.2) is 0 Å². The topological polar surface area (TPSA) is 34.1 Å². The first-order valence-electron chi connectivity index (χ1n) is 7.53. The van der Waals surface area contributed by atoms with Crippen LogP contribution in [0, 0.1) is 5.92 Å². The van der Waals surface area contributed by atoms with Crippen molar-refractivity contribution >= 4 is 11.3 Å². The van der Waals surface area contributed by atoms with Gasteiger partial charge < -0.3 is 10.1 Å². The van der Waals surface area contributed by atoms with E-state index in [2.05, 4.69) is 46.9 Å². The monoisotopic (exact) mass is 298 g/mol. The van der Waals surface area contributed by atoms with Crippen LogP contribution in [0.5, 0.6) is 0 Å². The van der Waals surface area contributed by atoms with Gasteiger partial charge in [0, 0.05) is 24.1 Å². The Bertz CT molecular complexity index is 403. The van der Waals surface area contributed by atoms with Gasteiger partial charge in [0.25, 0.3) is 0 Å². The fraction of sp³-hybridized carbons (Fsp3) is 0.812. The Labute approximate surface area is 128 Å². The van der Waals surface area contributed by atoms with Crippen LogP contribution < -0.4 is 5.32 Å². The standard InChI is InChI=1S/C16H30N2OS/c1-8-13(19-7)15-18-12(9-11(2)3)14(20-15)10-17-16(4,5)6/h11,13,17H,8-10H2,1-7H3. The maximum atomic E-state index is 5.53. The predicted molar refractivity (Wildman–Crippen MR) is 87.3 cm³/mol. The number of nitrogens with one attached hydrogen (secondary N) is 1. The van der Waals surface area contributed by atoms with Crippen molar-refractivity contribution in [3.05, 3.63) is 15.6 Å². The summed E-state index contributed by atoms with van der Waals surface area (Å²) in [4.78, 5) is 6.21. The van der Waals surface area contributed by atoms with Gasteiger partial charge in [-0.25, -0.2) is 4.98 Å². The predicted octanol–water partition coefficient (Wildman–Crippen LogP) is 4.33. The molecule has 1 N–H and O–H groups in total. The van der Waals surface area contributed by atoms with Crippen LogP contribution in [0.25, 0.3) is 0 Å². The zero-order valence-corrected chi connectivity index (χ0v) is 14.9. The summed E-state index contributed by atoms with van der Waals surface area (Å²) in [6.07, 6.45) is 2.14. The van der Waals surface area contributed by atoms with Gasteiger partial charge in [0.05, 0.1) is 5.69 Å². The lowest BCUT2D eigenvalue weighted by atomic mass is 10.1. The van der Waals surface area contributed by atoms with Gasteiger partial charge >= 0.3 is 0 Å². The molecule has 0 saturated heterocycles. The van der Waals surface area contributed by atoms with E-state index in [4.69, 9.17) is 9.72 Å². The fourth-order valence-corrected chi connectivity index (χ4v) is 3.21. The van der Waals surface area contributed by atoms with Crippen LogP contribution in [0.15, 0.2) is 0 Å². The molecule has 1 atom stereocenters. The Hall–Kier alpha value is -0.450. The lowest BCUT2D eigenvalue weighted by molar-refractivity contribution is 0.0996. The molecular weight excluding hydrogens is 268 g/mol. The summed E-state index contributed by atoms with van der Waals surface area (Å²) in [6, 6.07) is 0. The summed E-state index contributed by atoms with van der Waals surface area (Å²) in [6.45, 7) is 14.1. The molecule has 0 fully saturated rings. The molecule has 0 aliphatic carbocycles. The van der Waals surface area contributed by atoms with E-state index >= 15 is 0 Å². The average Bonchev–Trinajstić information content (AvgIpc) is 2.69. The molecule has 0 aromatic carbocycles. The SMILES string of the molecule is CCC(OC)c1nc(CC(C)C)c(CNC(C)(C)C)s1. The van der Waals surface area contributed by atoms with Crippen LogP contribution in [0.1, 0.15) is 69.6 Å². The summed E-state index contributed by atoms with van der Waals surface area (Å²) in [7, 11) is 1.77. The van der Waals surface area contributed by atoms with Crippen molar-refractivity contribution in [1.82, 2.24) is 10.3 Å². The second-order valence-corrected chi connectivity index (χ2v) is 7.87. The van der Waals surface area contributed by atoms with Crippen LogP contribution in [0.2, 0.25) is 0 Å². The normalized spacial score (nSPS) is 14.0. The lowest BCUT2D eigenvalue weighted by Gasteiger charge is -2.20. The van der Waals surface area contributed by atoms with Crippen LogP contribution in [0.4, 0.5) is 0 Å². The Morgan fingerprint density at radius 3 is 2.40 bits per heavy atom. The number of methoxy groups -OCH3 is 1. The quantitative estimate of drug-likeness (QED) is 0.813. The highest BCUT2D eigenvalue weighted by Gasteiger charge is 2.19. The maximum absolute atomic E-state index is 5.53. The highest BCUT2D eigenvalue weighted by atomic mass is 32.1. The van der Waals surface area contributed by atoms with Crippen molar-refractivity contribution in [2.75, 3.05) is 7.11 Å². The van der Waals surface area contributed by atoms with Gasteiger partial charge in [0.2, 0.25) is 0 Å².